The fourth-order valence-corrected chi connectivity index (χ4v) is 0.991. The zero-order valence-electron chi connectivity index (χ0n) is 7.03. The second-order valence-electron chi connectivity index (χ2n) is 2.66. The molecule has 1 atom stereocenters. The molecule has 0 saturated heterocycles. The van der Waals surface area contributed by atoms with Crippen LogP contribution in [0.2, 0.25) is 0 Å². The molecule has 0 spiro atoms. The van der Waals surface area contributed by atoms with Crippen molar-refractivity contribution in [2.45, 2.75) is 25.7 Å². The smallest absolute Gasteiger partial charge is 0.306 e. The predicted molar refractivity (Wildman–Crippen MR) is 45.9 cm³/mol. The van der Waals surface area contributed by atoms with Gasteiger partial charge in [0.05, 0.1) is 5.92 Å². The highest BCUT2D eigenvalue weighted by Crippen LogP contribution is 2.12. The van der Waals surface area contributed by atoms with Crippen molar-refractivity contribution in [1.82, 2.24) is 0 Å². The molecule has 0 bridgehead atoms. The first-order valence-electron chi connectivity index (χ1n) is 3.99. The van der Waals surface area contributed by atoms with E-state index in [2.05, 4.69) is 6.58 Å². The number of aldehydes is 1. The van der Waals surface area contributed by atoms with Crippen LogP contribution >= 0.6 is 0 Å². The van der Waals surface area contributed by atoms with Gasteiger partial charge in [0, 0.05) is 6.42 Å². The second kappa shape index (κ2) is 6.58. The molecule has 1 N–H and O–H groups in total. The van der Waals surface area contributed by atoms with Crippen LogP contribution in [0.1, 0.15) is 25.7 Å². The Morgan fingerprint density at radius 3 is 2.67 bits per heavy atom. The van der Waals surface area contributed by atoms with Crippen LogP contribution in [-0.2, 0) is 9.59 Å². The minimum absolute atomic E-state index is 0.373. The van der Waals surface area contributed by atoms with Gasteiger partial charge in [-0.3, -0.25) is 4.79 Å². The Balaban J connectivity index is 3.70. The fraction of sp³-hybridized carbons (Fsp3) is 0.556. The lowest BCUT2D eigenvalue weighted by atomic mass is 9.99. The quantitative estimate of drug-likeness (QED) is 0.359. The third-order valence-electron chi connectivity index (χ3n) is 1.67. The van der Waals surface area contributed by atoms with E-state index < -0.39 is 5.97 Å². The van der Waals surface area contributed by atoms with Crippen LogP contribution in [0.15, 0.2) is 12.7 Å². The summed E-state index contributed by atoms with van der Waals surface area (Å²) in [6.45, 7) is 3.48. The van der Waals surface area contributed by atoms with E-state index in [1.807, 2.05) is 0 Å². The molecule has 0 rings (SSSR count). The number of carboxylic acid groups (broad SMARTS) is 1. The Hall–Kier alpha value is -1.12. The highest BCUT2D eigenvalue weighted by molar-refractivity contribution is 5.70. The number of allylic oxidation sites excluding steroid dienone is 1. The van der Waals surface area contributed by atoms with Crippen molar-refractivity contribution >= 4 is 12.3 Å². The van der Waals surface area contributed by atoms with E-state index in [4.69, 9.17) is 5.11 Å². The van der Waals surface area contributed by atoms with Crippen LogP contribution < -0.4 is 0 Å². The predicted octanol–water partition coefficient (Wildman–Crippen LogP) is 1.63. The van der Waals surface area contributed by atoms with Crippen LogP contribution in [-0.4, -0.2) is 17.4 Å². The van der Waals surface area contributed by atoms with Crippen molar-refractivity contribution in [3.63, 3.8) is 0 Å². The molecule has 0 aliphatic rings. The molecule has 0 aliphatic heterocycles. The minimum Gasteiger partial charge on any atom is -0.481 e. The molecule has 0 aromatic rings. The number of carbonyl (C=O) groups excluding carboxylic acids is 1. The molecular formula is C9H14O3. The molecule has 0 radical (unpaired) electrons. The van der Waals surface area contributed by atoms with Gasteiger partial charge >= 0.3 is 5.97 Å². The highest BCUT2D eigenvalue weighted by Gasteiger charge is 2.14. The van der Waals surface area contributed by atoms with Crippen LogP contribution in [0.5, 0.6) is 0 Å². The summed E-state index contributed by atoms with van der Waals surface area (Å²) in [5.41, 5.74) is 0. The van der Waals surface area contributed by atoms with Gasteiger partial charge in [-0.15, -0.1) is 6.58 Å². The van der Waals surface area contributed by atoms with E-state index in [-0.39, 0.29) is 5.92 Å². The highest BCUT2D eigenvalue weighted by atomic mass is 16.4. The summed E-state index contributed by atoms with van der Waals surface area (Å²) in [5.74, 6) is -1.18. The summed E-state index contributed by atoms with van der Waals surface area (Å²) in [6, 6.07) is 0. The third-order valence-corrected chi connectivity index (χ3v) is 1.67. The lowest BCUT2D eigenvalue weighted by Gasteiger charge is -2.07. The average Bonchev–Trinajstić information content (AvgIpc) is 2.03. The van der Waals surface area contributed by atoms with E-state index in [0.29, 0.717) is 25.7 Å². The first kappa shape index (κ1) is 10.9. The summed E-state index contributed by atoms with van der Waals surface area (Å²) >= 11 is 0. The SMILES string of the molecule is C=CCC(CCCC=O)C(=O)O. The molecule has 0 amide bonds. The zero-order valence-corrected chi connectivity index (χ0v) is 7.03. The Morgan fingerprint density at radius 2 is 2.25 bits per heavy atom. The number of rotatable bonds is 7. The minimum atomic E-state index is -0.805. The standard InChI is InChI=1S/C9H14O3/c1-2-5-8(9(11)12)6-3-4-7-10/h2,7-8H,1,3-6H2,(H,11,12). The van der Waals surface area contributed by atoms with Crippen LogP contribution in [0, 0.1) is 5.92 Å². The van der Waals surface area contributed by atoms with E-state index in [9.17, 15) is 9.59 Å². The monoisotopic (exact) mass is 170 g/mol. The normalized spacial score (nSPS) is 12.0. The van der Waals surface area contributed by atoms with Crippen molar-refractivity contribution < 1.29 is 14.7 Å². The number of aliphatic carboxylic acids is 1. The van der Waals surface area contributed by atoms with E-state index in [1.54, 1.807) is 6.08 Å². The summed E-state index contributed by atoms with van der Waals surface area (Å²) in [5, 5.41) is 8.67. The summed E-state index contributed by atoms with van der Waals surface area (Å²) < 4.78 is 0. The van der Waals surface area contributed by atoms with Crippen molar-refractivity contribution in [3.8, 4) is 0 Å². The van der Waals surface area contributed by atoms with E-state index in [0.717, 1.165) is 6.29 Å². The van der Waals surface area contributed by atoms with Crippen molar-refractivity contribution in [2.24, 2.45) is 5.92 Å². The summed E-state index contributed by atoms with van der Waals surface area (Å²) in [7, 11) is 0. The molecule has 1 unspecified atom stereocenters. The molecule has 68 valence electrons. The van der Waals surface area contributed by atoms with E-state index >= 15 is 0 Å². The van der Waals surface area contributed by atoms with Gasteiger partial charge in [-0.2, -0.15) is 0 Å². The zero-order chi connectivity index (χ0) is 9.40. The van der Waals surface area contributed by atoms with Gasteiger partial charge in [-0.1, -0.05) is 6.08 Å². The van der Waals surface area contributed by atoms with Gasteiger partial charge in [-0.05, 0) is 19.3 Å². The molecule has 0 heterocycles. The molecule has 0 saturated carbocycles. The Morgan fingerprint density at radius 1 is 1.58 bits per heavy atom. The number of hydrogen-bond donors (Lipinski definition) is 1. The largest absolute Gasteiger partial charge is 0.481 e. The maximum absolute atomic E-state index is 10.5. The van der Waals surface area contributed by atoms with Crippen LogP contribution in [0.25, 0.3) is 0 Å². The Kier molecular flexibility index (Phi) is 5.97. The van der Waals surface area contributed by atoms with Crippen molar-refractivity contribution in [3.05, 3.63) is 12.7 Å². The summed E-state index contributed by atoms with van der Waals surface area (Å²) in [4.78, 5) is 20.5. The number of carboxylic acids is 1. The van der Waals surface area contributed by atoms with Gasteiger partial charge < -0.3 is 9.90 Å². The maximum atomic E-state index is 10.5. The third kappa shape index (κ3) is 4.66. The molecule has 3 heteroatoms. The maximum Gasteiger partial charge on any atom is 0.306 e. The van der Waals surface area contributed by atoms with Crippen LogP contribution in [0.4, 0.5) is 0 Å². The van der Waals surface area contributed by atoms with Gasteiger partial charge in [0.2, 0.25) is 0 Å². The van der Waals surface area contributed by atoms with Gasteiger partial charge in [0.25, 0.3) is 0 Å². The number of hydrogen-bond acceptors (Lipinski definition) is 2. The molecule has 12 heavy (non-hydrogen) atoms. The first-order valence-corrected chi connectivity index (χ1v) is 3.99. The van der Waals surface area contributed by atoms with Gasteiger partial charge in [0.15, 0.2) is 0 Å². The van der Waals surface area contributed by atoms with Crippen LogP contribution in [0.3, 0.4) is 0 Å². The number of carbonyl (C=O) groups is 2. The lowest BCUT2D eigenvalue weighted by Crippen LogP contribution is -2.12. The molecule has 0 aromatic carbocycles. The first-order chi connectivity index (χ1) is 5.72. The summed E-state index contributed by atoms with van der Waals surface area (Å²) in [6.07, 6.45) is 4.54. The van der Waals surface area contributed by atoms with Crippen molar-refractivity contribution in [2.75, 3.05) is 0 Å². The van der Waals surface area contributed by atoms with Gasteiger partial charge in [-0.25, -0.2) is 0 Å². The Labute approximate surface area is 72.1 Å². The second-order valence-corrected chi connectivity index (χ2v) is 2.66. The average molecular weight is 170 g/mol. The molecule has 0 fully saturated rings. The topological polar surface area (TPSA) is 54.4 Å². The molecule has 3 nitrogen and oxygen atoms in total. The molecule has 0 aromatic heterocycles. The van der Waals surface area contributed by atoms with E-state index in [1.165, 1.54) is 0 Å². The Bertz CT molecular complexity index is 163. The molecular weight excluding hydrogens is 156 g/mol. The fourth-order valence-electron chi connectivity index (χ4n) is 0.991. The van der Waals surface area contributed by atoms with Crippen molar-refractivity contribution in [1.29, 1.82) is 0 Å². The van der Waals surface area contributed by atoms with Gasteiger partial charge in [0.1, 0.15) is 6.29 Å². The lowest BCUT2D eigenvalue weighted by molar-refractivity contribution is -0.142. The molecule has 0 aliphatic carbocycles. The number of unbranched alkanes of at least 4 members (excludes halogenated alkanes) is 1.